The maximum Gasteiger partial charge on any atom is 0.335 e. The lowest BCUT2D eigenvalue weighted by molar-refractivity contribution is 0.0686. The lowest BCUT2D eigenvalue weighted by Gasteiger charge is -2.09. The molecule has 168 valence electrons. The number of carboxylic acid groups (broad SMARTS) is 2. The Balaban J connectivity index is 1.19. The number of hydrogen-bond donors (Lipinski definition) is 2. The number of carbonyl (C=O) groups is 2. The summed E-state index contributed by atoms with van der Waals surface area (Å²) in [4.78, 5) is 22.1. The molecule has 0 amide bonds. The first-order valence-corrected chi connectivity index (χ1v) is 10.8. The van der Waals surface area contributed by atoms with Gasteiger partial charge in [-0.2, -0.15) is 0 Å². The van der Waals surface area contributed by atoms with Gasteiger partial charge >= 0.3 is 11.9 Å². The lowest BCUT2D eigenvalue weighted by Crippen LogP contribution is -2.01. The number of unbranched alkanes of at least 4 members (excludes halogenated alkanes) is 2. The molecule has 0 bridgehead atoms. The first kappa shape index (κ1) is 22.1. The van der Waals surface area contributed by atoms with Gasteiger partial charge in [-0.05, 0) is 89.3 Å². The summed E-state index contributed by atoms with van der Waals surface area (Å²) < 4.78 is 11.7. The maximum absolute atomic E-state index is 11.1. The van der Waals surface area contributed by atoms with Crippen molar-refractivity contribution >= 4 is 33.5 Å². The SMILES string of the molecule is O=C(O)c1ccc2cc(OCCCCCOc3ccc4cc(C(=O)O)ccc4c3)ccc2c1. The molecule has 0 aromatic heterocycles. The molecular weight excluding hydrogens is 420 g/mol. The fourth-order valence-corrected chi connectivity index (χ4v) is 3.65. The zero-order valence-corrected chi connectivity index (χ0v) is 18.0. The van der Waals surface area contributed by atoms with Crippen molar-refractivity contribution in [1.29, 1.82) is 0 Å². The predicted octanol–water partition coefficient (Wildman–Crippen LogP) is 6.02. The second kappa shape index (κ2) is 10.0. The van der Waals surface area contributed by atoms with E-state index in [0.717, 1.165) is 52.3 Å². The molecule has 0 unspecified atom stereocenters. The first-order chi connectivity index (χ1) is 16.0. The summed E-state index contributed by atoms with van der Waals surface area (Å²) in [6.07, 6.45) is 2.76. The number of fused-ring (bicyclic) bond motifs is 2. The van der Waals surface area contributed by atoms with Crippen molar-refractivity contribution < 1.29 is 29.3 Å². The van der Waals surface area contributed by atoms with E-state index in [4.69, 9.17) is 19.7 Å². The van der Waals surface area contributed by atoms with Crippen LogP contribution >= 0.6 is 0 Å². The Bertz CT molecular complexity index is 1210. The molecule has 0 aliphatic rings. The monoisotopic (exact) mass is 444 g/mol. The van der Waals surface area contributed by atoms with Crippen LogP contribution in [0.15, 0.2) is 72.8 Å². The van der Waals surface area contributed by atoms with Gasteiger partial charge in [0.2, 0.25) is 0 Å². The summed E-state index contributed by atoms with van der Waals surface area (Å²) in [6.45, 7) is 1.20. The summed E-state index contributed by atoms with van der Waals surface area (Å²) in [7, 11) is 0. The number of ether oxygens (including phenoxy) is 2. The van der Waals surface area contributed by atoms with Gasteiger partial charge in [-0.15, -0.1) is 0 Å². The molecule has 33 heavy (non-hydrogen) atoms. The molecule has 0 spiro atoms. The van der Waals surface area contributed by atoms with E-state index >= 15 is 0 Å². The van der Waals surface area contributed by atoms with Gasteiger partial charge in [0.1, 0.15) is 11.5 Å². The molecule has 0 fully saturated rings. The molecule has 6 nitrogen and oxygen atoms in total. The highest BCUT2D eigenvalue weighted by atomic mass is 16.5. The Morgan fingerprint density at radius 1 is 0.545 bits per heavy atom. The van der Waals surface area contributed by atoms with Crippen LogP contribution in [0.2, 0.25) is 0 Å². The third-order valence-electron chi connectivity index (χ3n) is 5.44. The maximum atomic E-state index is 11.1. The van der Waals surface area contributed by atoms with Crippen molar-refractivity contribution in [2.45, 2.75) is 19.3 Å². The van der Waals surface area contributed by atoms with Gasteiger partial charge in [-0.3, -0.25) is 0 Å². The van der Waals surface area contributed by atoms with Gasteiger partial charge in [0, 0.05) is 0 Å². The second-order valence-corrected chi connectivity index (χ2v) is 7.82. The van der Waals surface area contributed by atoms with Crippen LogP contribution in [0, 0.1) is 0 Å². The third kappa shape index (κ3) is 5.60. The van der Waals surface area contributed by atoms with E-state index in [1.54, 1.807) is 36.4 Å². The second-order valence-electron chi connectivity index (χ2n) is 7.82. The number of benzene rings is 4. The molecule has 0 atom stereocenters. The average Bonchev–Trinajstić information content (AvgIpc) is 2.82. The lowest BCUT2D eigenvalue weighted by atomic mass is 10.1. The Morgan fingerprint density at radius 3 is 1.36 bits per heavy atom. The quantitative estimate of drug-likeness (QED) is 0.291. The molecule has 0 radical (unpaired) electrons. The van der Waals surface area contributed by atoms with E-state index in [2.05, 4.69) is 0 Å². The smallest absolute Gasteiger partial charge is 0.335 e. The van der Waals surface area contributed by atoms with E-state index in [-0.39, 0.29) is 11.1 Å². The van der Waals surface area contributed by atoms with Crippen molar-refractivity contribution in [3.8, 4) is 11.5 Å². The van der Waals surface area contributed by atoms with Gasteiger partial charge in [0.15, 0.2) is 0 Å². The van der Waals surface area contributed by atoms with Crippen molar-refractivity contribution in [3.63, 3.8) is 0 Å². The largest absolute Gasteiger partial charge is 0.494 e. The van der Waals surface area contributed by atoms with E-state index in [1.165, 1.54) is 0 Å². The van der Waals surface area contributed by atoms with Crippen LogP contribution in [0.3, 0.4) is 0 Å². The molecule has 0 aliphatic carbocycles. The molecule has 6 heteroatoms. The fourth-order valence-electron chi connectivity index (χ4n) is 3.65. The van der Waals surface area contributed by atoms with Crippen LogP contribution in [-0.2, 0) is 0 Å². The number of carboxylic acids is 2. The minimum Gasteiger partial charge on any atom is -0.494 e. The summed E-state index contributed by atoms with van der Waals surface area (Å²) in [5.41, 5.74) is 0.545. The van der Waals surface area contributed by atoms with Crippen molar-refractivity contribution in [3.05, 3.63) is 83.9 Å². The third-order valence-corrected chi connectivity index (χ3v) is 5.44. The van der Waals surface area contributed by atoms with Gasteiger partial charge in [-0.25, -0.2) is 9.59 Å². The van der Waals surface area contributed by atoms with Gasteiger partial charge in [0.05, 0.1) is 24.3 Å². The highest BCUT2D eigenvalue weighted by Gasteiger charge is 2.06. The van der Waals surface area contributed by atoms with E-state index in [0.29, 0.717) is 13.2 Å². The highest BCUT2D eigenvalue weighted by molar-refractivity contribution is 5.95. The molecule has 4 aromatic rings. The fraction of sp³-hybridized carbons (Fsp3) is 0.185. The average molecular weight is 444 g/mol. The Kier molecular flexibility index (Phi) is 6.74. The van der Waals surface area contributed by atoms with Crippen molar-refractivity contribution in [1.82, 2.24) is 0 Å². The van der Waals surface area contributed by atoms with Crippen LogP contribution in [0.5, 0.6) is 11.5 Å². The normalized spacial score (nSPS) is 10.9. The van der Waals surface area contributed by atoms with Crippen molar-refractivity contribution in [2.24, 2.45) is 0 Å². The first-order valence-electron chi connectivity index (χ1n) is 10.8. The van der Waals surface area contributed by atoms with Crippen LogP contribution < -0.4 is 9.47 Å². The molecule has 0 heterocycles. The van der Waals surface area contributed by atoms with Gasteiger partial charge < -0.3 is 19.7 Å². The Morgan fingerprint density at radius 2 is 0.939 bits per heavy atom. The molecule has 0 aliphatic heterocycles. The van der Waals surface area contributed by atoms with E-state index in [9.17, 15) is 9.59 Å². The topological polar surface area (TPSA) is 93.1 Å². The van der Waals surface area contributed by atoms with Gasteiger partial charge in [-0.1, -0.05) is 24.3 Å². The van der Waals surface area contributed by atoms with E-state index < -0.39 is 11.9 Å². The minimum atomic E-state index is -0.934. The predicted molar refractivity (Wildman–Crippen MR) is 127 cm³/mol. The minimum absolute atomic E-state index is 0.273. The summed E-state index contributed by atoms with van der Waals surface area (Å²) >= 11 is 0. The van der Waals surface area contributed by atoms with Crippen LogP contribution in [-0.4, -0.2) is 35.4 Å². The number of aromatic carboxylic acids is 2. The van der Waals surface area contributed by atoms with E-state index in [1.807, 2.05) is 36.4 Å². The standard InChI is InChI=1S/C27H24O6/c28-26(29)22-6-4-20-16-24(10-8-18(20)14-22)32-12-2-1-3-13-33-25-11-9-19-15-23(27(30)31)7-5-21(19)17-25/h4-11,14-17H,1-3,12-13H2,(H,28,29)(H,30,31). The zero-order valence-electron chi connectivity index (χ0n) is 18.0. The molecule has 2 N–H and O–H groups in total. The molecule has 4 rings (SSSR count). The van der Waals surface area contributed by atoms with Crippen LogP contribution in [0.25, 0.3) is 21.5 Å². The molecular formula is C27H24O6. The number of hydrogen-bond acceptors (Lipinski definition) is 4. The Labute approximate surface area is 191 Å². The number of rotatable bonds is 10. The summed E-state index contributed by atoms with van der Waals surface area (Å²) in [6, 6.07) is 21.4. The van der Waals surface area contributed by atoms with Crippen LogP contribution in [0.1, 0.15) is 40.0 Å². The van der Waals surface area contributed by atoms with Crippen molar-refractivity contribution in [2.75, 3.05) is 13.2 Å². The van der Waals surface area contributed by atoms with Gasteiger partial charge in [0.25, 0.3) is 0 Å². The highest BCUT2D eigenvalue weighted by Crippen LogP contribution is 2.24. The summed E-state index contributed by atoms with van der Waals surface area (Å²) in [5, 5.41) is 21.8. The molecule has 0 saturated heterocycles. The molecule has 0 saturated carbocycles. The Hall–Kier alpha value is -4.06. The summed E-state index contributed by atoms with van der Waals surface area (Å²) in [5.74, 6) is -0.333. The van der Waals surface area contributed by atoms with Crippen LogP contribution in [0.4, 0.5) is 0 Å². The molecule has 4 aromatic carbocycles. The zero-order chi connectivity index (χ0) is 23.2.